The van der Waals surface area contributed by atoms with Crippen molar-refractivity contribution in [3.05, 3.63) is 67.0 Å². The third-order valence-electron chi connectivity index (χ3n) is 3.94. The van der Waals surface area contributed by atoms with Crippen molar-refractivity contribution in [1.29, 1.82) is 0 Å². The Kier molecular flexibility index (Phi) is 5.75. The number of hydrogen-bond acceptors (Lipinski definition) is 4. The zero-order valence-electron chi connectivity index (χ0n) is 14.5. The number of rotatable bonds is 6. The monoisotopic (exact) mass is 332 g/mol. The van der Waals surface area contributed by atoms with E-state index in [1.165, 1.54) is 4.57 Å². The lowest BCUT2D eigenvalue weighted by Crippen LogP contribution is -2.37. The minimum Gasteiger partial charge on any atom is -0.382 e. The van der Waals surface area contributed by atoms with Crippen molar-refractivity contribution < 1.29 is 9.84 Å². The molecule has 0 saturated heterocycles. The van der Waals surface area contributed by atoms with E-state index in [0.29, 0.717) is 29.8 Å². The van der Waals surface area contributed by atoms with Gasteiger partial charge in [-0.2, -0.15) is 0 Å². The maximum Gasteiger partial charge on any atom is 0.330 e. The molecule has 0 aliphatic heterocycles. The van der Waals surface area contributed by atoms with E-state index in [4.69, 9.17) is 4.74 Å². The second kappa shape index (κ2) is 7.59. The number of ether oxygens (including phenoxy) is 1. The second-order valence-electron chi connectivity index (χ2n) is 5.85. The number of nitrogens with one attached hydrogen (secondary N) is 1. The number of hydrogen-bond donors (Lipinski definition) is 2. The molecule has 0 amide bonds. The molecule has 0 saturated carbocycles. The molecule has 0 aliphatic rings. The van der Waals surface area contributed by atoms with E-state index in [1.54, 1.807) is 0 Å². The van der Waals surface area contributed by atoms with Crippen molar-refractivity contribution in [3.63, 3.8) is 0 Å². The van der Waals surface area contributed by atoms with Gasteiger partial charge in [-0.25, -0.2) is 4.79 Å². The first-order valence-electron chi connectivity index (χ1n) is 8.08. The molecule has 6 heteroatoms. The van der Waals surface area contributed by atoms with Crippen LogP contribution < -0.4 is 11.2 Å². The average molecular weight is 332 g/mol. The Bertz CT molecular complexity index is 816. The molecule has 24 heavy (non-hydrogen) atoms. The number of aliphatic hydroxyl groups excluding tert-OH is 1. The lowest BCUT2D eigenvalue weighted by molar-refractivity contribution is 0.0753. The number of benzene rings is 1. The quantitative estimate of drug-likeness (QED) is 0.845. The zero-order chi connectivity index (χ0) is 17.9. The molecule has 1 heterocycles. The van der Waals surface area contributed by atoms with Gasteiger partial charge < -0.3 is 9.84 Å². The van der Waals surface area contributed by atoms with Gasteiger partial charge in [-0.15, -0.1) is 0 Å². The molecular weight excluding hydrogens is 308 g/mol. The molecule has 0 aliphatic carbocycles. The molecule has 0 bridgehead atoms. The van der Waals surface area contributed by atoms with Crippen LogP contribution in [-0.2, 0) is 17.9 Å². The van der Waals surface area contributed by atoms with Gasteiger partial charge in [0.15, 0.2) is 0 Å². The summed E-state index contributed by atoms with van der Waals surface area (Å²) in [5, 5.41) is 10.9. The van der Waals surface area contributed by atoms with Gasteiger partial charge in [0, 0.05) is 12.2 Å². The van der Waals surface area contributed by atoms with Gasteiger partial charge in [0.1, 0.15) is 12.8 Å². The second-order valence-corrected chi connectivity index (χ2v) is 5.85. The van der Waals surface area contributed by atoms with Gasteiger partial charge in [0.05, 0.1) is 5.69 Å². The van der Waals surface area contributed by atoms with E-state index in [1.807, 2.05) is 45.9 Å². The molecule has 1 atom stereocenters. The summed E-state index contributed by atoms with van der Waals surface area (Å²) in [7, 11) is 0. The molecule has 0 fully saturated rings. The number of aromatic nitrogens is 2. The van der Waals surface area contributed by atoms with Gasteiger partial charge in [0.25, 0.3) is 5.56 Å². The Morgan fingerprint density at radius 2 is 1.79 bits per heavy atom. The highest BCUT2D eigenvalue weighted by Gasteiger charge is 2.22. The normalized spacial score (nSPS) is 12.4. The van der Waals surface area contributed by atoms with E-state index in [9.17, 15) is 14.7 Å². The smallest absolute Gasteiger partial charge is 0.330 e. The van der Waals surface area contributed by atoms with Crippen LogP contribution in [0.25, 0.3) is 0 Å². The van der Waals surface area contributed by atoms with Crippen molar-refractivity contribution in [3.8, 4) is 0 Å². The Labute approximate surface area is 140 Å². The van der Waals surface area contributed by atoms with Crippen LogP contribution in [0, 0.1) is 13.8 Å². The lowest BCUT2D eigenvalue weighted by atomic mass is 9.98. The summed E-state index contributed by atoms with van der Waals surface area (Å²) in [5.41, 5.74) is 2.30. The third kappa shape index (κ3) is 3.66. The van der Waals surface area contributed by atoms with E-state index >= 15 is 0 Å². The van der Waals surface area contributed by atoms with Gasteiger partial charge in [-0.05, 0) is 32.8 Å². The van der Waals surface area contributed by atoms with Crippen LogP contribution in [0.15, 0.2) is 27.8 Å². The van der Waals surface area contributed by atoms with Crippen molar-refractivity contribution in [2.75, 3.05) is 6.61 Å². The van der Waals surface area contributed by atoms with Gasteiger partial charge in [0.2, 0.25) is 0 Å². The Hall–Kier alpha value is -2.18. The average Bonchev–Trinajstić information content (AvgIpc) is 2.51. The first-order chi connectivity index (χ1) is 11.4. The molecular formula is C18H24N2O4. The first-order valence-corrected chi connectivity index (χ1v) is 8.08. The Morgan fingerprint density at radius 3 is 2.33 bits per heavy atom. The molecule has 2 aromatic rings. The molecule has 1 aromatic carbocycles. The van der Waals surface area contributed by atoms with Gasteiger partial charge >= 0.3 is 5.69 Å². The predicted molar refractivity (Wildman–Crippen MR) is 92.3 cm³/mol. The Balaban J connectivity index is 2.69. The standard InChI is InChI=1S/C18H24N2O4/c1-5-14-15(16(21)13-8-11(3)7-12(4)9-13)20(10-24-6-2)18(23)19-17(14)22/h7-9,16,21H,5-6,10H2,1-4H3,(H,19,22,23). The van der Waals surface area contributed by atoms with Crippen molar-refractivity contribution >= 4 is 0 Å². The maximum absolute atomic E-state index is 12.2. The summed E-state index contributed by atoms with van der Waals surface area (Å²) >= 11 is 0. The van der Waals surface area contributed by atoms with Crippen LogP contribution in [0.2, 0.25) is 0 Å². The van der Waals surface area contributed by atoms with Gasteiger partial charge in [-0.1, -0.05) is 36.2 Å². The van der Waals surface area contributed by atoms with Crippen LogP contribution >= 0.6 is 0 Å². The van der Waals surface area contributed by atoms with E-state index in [0.717, 1.165) is 11.1 Å². The van der Waals surface area contributed by atoms with E-state index in [-0.39, 0.29) is 6.73 Å². The molecule has 1 unspecified atom stereocenters. The maximum atomic E-state index is 12.2. The Morgan fingerprint density at radius 1 is 1.17 bits per heavy atom. The van der Waals surface area contributed by atoms with Gasteiger partial charge in [-0.3, -0.25) is 14.3 Å². The fourth-order valence-corrected chi connectivity index (χ4v) is 2.92. The number of H-pyrrole nitrogens is 1. The van der Waals surface area contributed by atoms with E-state index < -0.39 is 17.4 Å². The summed E-state index contributed by atoms with van der Waals surface area (Å²) in [4.78, 5) is 26.7. The van der Waals surface area contributed by atoms with Crippen molar-refractivity contribution in [2.24, 2.45) is 0 Å². The minimum absolute atomic E-state index is 0.0176. The molecule has 1 aromatic heterocycles. The SMILES string of the molecule is CCOCn1c(C(O)c2cc(C)cc(C)c2)c(CC)c(=O)[nH]c1=O. The molecule has 0 spiro atoms. The molecule has 6 nitrogen and oxygen atoms in total. The van der Waals surface area contributed by atoms with Crippen LogP contribution in [0.4, 0.5) is 0 Å². The highest BCUT2D eigenvalue weighted by Crippen LogP contribution is 2.25. The zero-order valence-corrected chi connectivity index (χ0v) is 14.5. The molecule has 2 N–H and O–H groups in total. The summed E-state index contributed by atoms with van der Waals surface area (Å²) < 4.78 is 6.64. The van der Waals surface area contributed by atoms with Crippen molar-refractivity contribution in [1.82, 2.24) is 9.55 Å². The summed E-state index contributed by atoms with van der Waals surface area (Å²) in [6, 6.07) is 5.71. The van der Waals surface area contributed by atoms with Crippen LogP contribution in [0.5, 0.6) is 0 Å². The highest BCUT2D eigenvalue weighted by molar-refractivity contribution is 5.35. The fraction of sp³-hybridized carbons (Fsp3) is 0.444. The van der Waals surface area contributed by atoms with Crippen LogP contribution in [-0.4, -0.2) is 21.3 Å². The molecule has 2 rings (SSSR count). The van der Waals surface area contributed by atoms with Crippen LogP contribution in [0.1, 0.15) is 47.9 Å². The first kappa shape index (κ1) is 18.2. The summed E-state index contributed by atoms with van der Waals surface area (Å²) in [5.74, 6) is 0. The van der Waals surface area contributed by atoms with Crippen LogP contribution in [0.3, 0.4) is 0 Å². The number of aromatic amines is 1. The topological polar surface area (TPSA) is 84.3 Å². The minimum atomic E-state index is -1.07. The number of aryl methyl sites for hydroxylation is 2. The highest BCUT2D eigenvalue weighted by atomic mass is 16.5. The third-order valence-corrected chi connectivity index (χ3v) is 3.94. The number of nitrogens with zero attached hydrogens (tertiary/aromatic N) is 1. The lowest BCUT2D eigenvalue weighted by Gasteiger charge is -2.21. The summed E-state index contributed by atoms with van der Waals surface area (Å²) in [6.07, 6.45) is -0.673. The van der Waals surface area contributed by atoms with E-state index in [2.05, 4.69) is 4.98 Å². The fourth-order valence-electron chi connectivity index (χ4n) is 2.92. The molecule has 130 valence electrons. The largest absolute Gasteiger partial charge is 0.382 e. The molecule has 0 radical (unpaired) electrons. The summed E-state index contributed by atoms with van der Waals surface area (Å²) in [6.45, 7) is 7.92. The predicted octanol–water partition coefficient (Wildman–Crippen LogP) is 1.79. The number of aliphatic hydroxyl groups is 1. The van der Waals surface area contributed by atoms with Crippen molar-refractivity contribution in [2.45, 2.75) is 47.0 Å².